The molecular formula is C16H19NO5. The predicted molar refractivity (Wildman–Crippen MR) is 79.8 cm³/mol. The number of ether oxygens (including phenoxy) is 3. The number of benzene rings is 1. The van der Waals surface area contributed by atoms with E-state index < -0.39 is 5.97 Å². The molecule has 1 aromatic rings. The highest BCUT2D eigenvalue weighted by atomic mass is 16.6. The van der Waals surface area contributed by atoms with Crippen LogP contribution in [0.3, 0.4) is 0 Å². The van der Waals surface area contributed by atoms with E-state index in [-0.39, 0.29) is 18.6 Å². The number of fused-ring (bicyclic) bond motifs is 1. The molecule has 1 heterocycles. The summed E-state index contributed by atoms with van der Waals surface area (Å²) in [6, 6.07) is 5.29. The first-order chi connectivity index (χ1) is 10.6. The molecular weight excluding hydrogens is 286 g/mol. The molecule has 0 bridgehead atoms. The molecule has 0 saturated carbocycles. The van der Waals surface area contributed by atoms with Crippen LogP contribution in [0, 0.1) is 0 Å². The fourth-order valence-corrected chi connectivity index (χ4v) is 2.02. The first kappa shape index (κ1) is 15.9. The largest absolute Gasteiger partial charge is 0.486 e. The second-order valence-corrected chi connectivity index (χ2v) is 4.80. The molecule has 0 saturated heterocycles. The van der Waals surface area contributed by atoms with Crippen LogP contribution in [0.4, 0.5) is 0 Å². The van der Waals surface area contributed by atoms with Gasteiger partial charge in [-0.1, -0.05) is 12.1 Å². The Kier molecular flexibility index (Phi) is 5.41. The van der Waals surface area contributed by atoms with Crippen molar-refractivity contribution in [3.8, 4) is 11.5 Å². The molecule has 1 aromatic carbocycles. The molecule has 0 unspecified atom stereocenters. The van der Waals surface area contributed by atoms with Crippen LogP contribution < -0.4 is 14.8 Å². The normalized spacial score (nSPS) is 14.5. The summed E-state index contributed by atoms with van der Waals surface area (Å²) in [7, 11) is 0. The Morgan fingerprint density at radius 3 is 2.77 bits per heavy atom. The topological polar surface area (TPSA) is 73.9 Å². The molecule has 22 heavy (non-hydrogen) atoms. The van der Waals surface area contributed by atoms with Gasteiger partial charge < -0.3 is 19.5 Å². The van der Waals surface area contributed by atoms with E-state index in [2.05, 4.69) is 5.32 Å². The third kappa shape index (κ3) is 4.25. The summed E-state index contributed by atoms with van der Waals surface area (Å²) in [5, 5.41) is 2.76. The number of hydrogen-bond donors (Lipinski definition) is 1. The Bertz CT molecular complexity index is 582. The zero-order valence-electron chi connectivity index (χ0n) is 12.6. The minimum Gasteiger partial charge on any atom is -0.486 e. The smallest absolute Gasteiger partial charge is 0.330 e. The van der Waals surface area contributed by atoms with Gasteiger partial charge in [-0.05, 0) is 31.5 Å². The van der Waals surface area contributed by atoms with Crippen molar-refractivity contribution in [2.24, 2.45) is 0 Å². The number of nitrogens with one attached hydrogen (secondary N) is 1. The lowest BCUT2D eigenvalue weighted by Crippen LogP contribution is -2.31. The summed E-state index contributed by atoms with van der Waals surface area (Å²) in [5.74, 6) is 0.475. The van der Waals surface area contributed by atoms with Crippen molar-refractivity contribution in [2.75, 3.05) is 19.8 Å². The van der Waals surface area contributed by atoms with E-state index in [1.807, 2.05) is 25.1 Å². The maximum absolute atomic E-state index is 11.8. The molecule has 0 spiro atoms. The van der Waals surface area contributed by atoms with Gasteiger partial charge in [0.15, 0.2) is 18.1 Å². The number of allylic oxidation sites excluding steroid dienone is 1. The minimum atomic E-state index is -0.537. The van der Waals surface area contributed by atoms with Crippen LogP contribution in [0.15, 0.2) is 30.4 Å². The maximum Gasteiger partial charge on any atom is 0.330 e. The molecule has 6 heteroatoms. The summed E-state index contributed by atoms with van der Waals surface area (Å²) >= 11 is 0. The summed E-state index contributed by atoms with van der Waals surface area (Å²) < 4.78 is 15.8. The number of carbonyl (C=O) groups excluding carboxylic acids is 2. The Balaban J connectivity index is 1.90. The van der Waals surface area contributed by atoms with Crippen molar-refractivity contribution < 1.29 is 23.8 Å². The summed E-state index contributed by atoms with van der Waals surface area (Å²) in [4.78, 5) is 22.9. The Morgan fingerprint density at radius 1 is 1.32 bits per heavy atom. The van der Waals surface area contributed by atoms with Crippen molar-refractivity contribution in [1.82, 2.24) is 5.32 Å². The van der Waals surface area contributed by atoms with Gasteiger partial charge in [0.2, 0.25) is 0 Å². The second kappa shape index (κ2) is 7.49. The quantitative estimate of drug-likeness (QED) is 0.663. The fourth-order valence-electron chi connectivity index (χ4n) is 2.02. The van der Waals surface area contributed by atoms with E-state index in [0.29, 0.717) is 24.7 Å². The summed E-state index contributed by atoms with van der Waals surface area (Å²) in [6.07, 6.45) is 2.82. The van der Waals surface area contributed by atoms with E-state index in [4.69, 9.17) is 14.2 Å². The van der Waals surface area contributed by atoms with Crippen molar-refractivity contribution in [1.29, 1.82) is 0 Å². The zero-order valence-corrected chi connectivity index (χ0v) is 12.6. The van der Waals surface area contributed by atoms with Crippen LogP contribution in [0.5, 0.6) is 11.5 Å². The highest BCUT2D eigenvalue weighted by Gasteiger charge is 2.16. The van der Waals surface area contributed by atoms with Crippen LogP contribution in [0.1, 0.15) is 25.5 Å². The lowest BCUT2D eigenvalue weighted by atomic mass is 10.1. The number of amides is 1. The number of hydrogen-bond acceptors (Lipinski definition) is 5. The lowest BCUT2D eigenvalue weighted by Gasteiger charge is -2.21. The highest BCUT2D eigenvalue weighted by Crippen LogP contribution is 2.32. The highest BCUT2D eigenvalue weighted by molar-refractivity contribution is 5.85. The number of rotatable bonds is 5. The van der Waals surface area contributed by atoms with E-state index in [0.717, 1.165) is 5.56 Å². The monoisotopic (exact) mass is 305 g/mol. The van der Waals surface area contributed by atoms with Gasteiger partial charge in [-0.3, -0.25) is 4.79 Å². The molecule has 2 rings (SSSR count). The van der Waals surface area contributed by atoms with E-state index in [9.17, 15) is 9.59 Å². The van der Waals surface area contributed by atoms with Gasteiger partial charge in [0.1, 0.15) is 13.2 Å². The van der Waals surface area contributed by atoms with Crippen LogP contribution >= 0.6 is 0 Å². The van der Waals surface area contributed by atoms with Gasteiger partial charge in [-0.25, -0.2) is 4.79 Å². The van der Waals surface area contributed by atoms with Crippen LogP contribution in [-0.4, -0.2) is 31.7 Å². The maximum atomic E-state index is 11.8. The van der Waals surface area contributed by atoms with Crippen LogP contribution in [-0.2, 0) is 14.3 Å². The van der Waals surface area contributed by atoms with Gasteiger partial charge in [-0.2, -0.15) is 0 Å². The SMILES string of the molecule is C/C=C\C(=O)OCC(=O)N[C@@H](C)c1ccc2c(c1)OCCO2. The first-order valence-electron chi connectivity index (χ1n) is 7.08. The van der Waals surface area contributed by atoms with Gasteiger partial charge in [-0.15, -0.1) is 0 Å². The van der Waals surface area contributed by atoms with Gasteiger partial charge in [0, 0.05) is 6.08 Å². The molecule has 118 valence electrons. The summed E-state index contributed by atoms with van der Waals surface area (Å²) in [5.41, 5.74) is 0.886. The van der Waals surface area contributed by atoms with E-state index >= 15 is 0 Å². The van der Waals surface area contributed by atoms with Crippen molar-refractivity contribution in [3.63, 3.8) is 0 Å². The molecule has 0 aromatic heterocycles. The Morgan fingerprint density at radius 2 is 2.05 bits per heavy atom. The molecule has 1 amide bonds. The average molecular weight is 305 g/mol. The van der Waals surface area contributed by atoms with Crippen LogP contribution in [0.25, 0.3) is 0 Å². The second-order valence-electron chi connectivity index (χ2n) is 4.80. The molecule has 6 nitrogen and oxygen atoms in total. The molecule has 1 aliphatic rings. The minimum absolute atomic E-state index is 0.233. The lowest BCUT2D eigenvalue weighted by molar-refractivity contribution is -0.144. The third-order valence-electron chi connectivity index (χ3n) is 3.09. The molecule has 1 atom stereocenters. The molecule has 0 fully saturated rings. The van der Waals surface area contributed by atoms with Gasteiger partial charge in [0.25, 0.3) is 5.91 Å². The summed E-state index contributed by atoms with van der Waals surface area (Å²) in [6.45, 7) is 4.29. The van der Waals surface area contributed by atoms with E-state index in [1.54, 1.807) is 13.0 Å². The number of carbonyl (C=O) groups is 2. The molecule has 1 aliphatic heterocycles. The standard InChI is InChI=1S/C16H19NO5/c1-3-4-16(19)22-10-15(18)17-11(2)12-5-6-13-14(9-12)21-8-7-20-13/h3-6,9,11H,7-8,10H2,1-2H3,(H,17,18)/b4-3-/t11-/m0/s1. The van der Waals surface area contributed by atoms with E-state index in [1.165, 1.54) is 6.08 Å². The number of esters is 1. The van der Waals surface area contributed by atoms with Gasteiger partial charge in [0.05, 0.1) is 6.04 Å². The predicted octanol–water partition coefficient (Wildman–Crippen LogP) is 1.75. The molecule has 1 N–H and O–H groups in total. The van der Waals surface area contributed by atoms with Crippen molar-refractivity contribution >= 4 is 11.9 Å². The third-order valence-corrected chi connectivity index (χ3v) is 3.09. The van der Waals surface area contributed by atoms with Crippen molar-refractivity contribution in [2.45, 2.75) is 19.9 Å². The zero-order chi connectivity index (χ0) is 15.9. The molecule has 0 aliphatic carbocycles. The Hall–Kier alpha value is -2.50. The fraction of sp³-hybridized carbons (Fsp3) is 0.375. The molecule has 0 radical (unpaired) electrons. The van der Waals surface area contributed by atoms with Gasteiger partial charge >= 0.3 is 5.97 Å². The first-order valence-corrected chi connectivity index (χ1v) is 7.08. The Labute approximate surface area is 129 Å². The van der Waals surface area contributed by atoms with Crippen LogP contribution in [0.2, 0.25) is 0 Å². The average Bonchev–Trinajstić information content (AvgIpc) is 2.52. The van der Waals surface area contributed by atoms with Crippen molar-refractivity contribution in [3.05, 3.63) is 35.9 Å².